The fraction of sp³-hybridized carbons (Fsp3) is 1.00. The van der Waals surface area contributed by atoms with Crippen molar-refractivity contribution >= 4 is 27.8 Å². The first-order valence-corrected chi connectivity index (χ1v) is 38.7. The molecule has 0 amide bonds. The minimum atomic E-state index is -2.84. The Morgan fingerprint density at radius 3 is 0.438 bits per heavy atom. The first kappa shape index (κ1) is 65.2. The second-order valence-corrected chi connectivity index (χ2v) is 39.4. The van der Waals surface area contributed by atoms with Crippen molar-refractivity contribution < 1.29 is 13.3 Å². The molecule has 0 aromatic heterocycles. The number of unbranched alkanes of at least 4 members (excludes halogenated alkanes) is 21. The molecule has 0 aliphatic rings. The predicted molar refractivity (Wildman–Crippen MR) is 309 cm³/mol. The van der Waals surface area contributed by atoms with Gasteiger partial charge in [0.05, 0.1) is 0 Å². The molecule has 0 aromatic rings. The average molecular weight is 963 g/mol. The van der Waals surface area contributed by atoms with Crippen molar-refractivity contribution in [3.63, 3.8) is 0 Å². The van der Waals surface area contributed by atoms with Gasteiger partial charge in [-0.25, -0.2) is 0 Å². The summed E-state index contributed by atoms with van der Waals surface area (Å²) in [7, 11) is -0.488. The van der Waals surface area contributed by atoms with E-state index in [0.717, 1.165) is 0 Å². The molecule has 0 N–H and O–H groups in total. The molecule has 0 rings (SSSR count). The summed E-state index contributed by atoms with van der Waals surface area (Å²) in [6.07, 6.45) is 58.5. The van der Waals surface area contributed by atoms with Crippen LogP contribution in [0.3, 0.4) is 0 Å². The van der Waals surface area contributed by atoms with Gasteiger partial charge in [0.15, 0.2) is 0 Å². The van der Waals surface area contributed by atoms with Crippen LogP contribution in [0.1, 0.15) is 295 Å². The van der Waals surface area contributed by atoms with Gasteiger partial charge in [-0.15, -0.1) is 0 Å². The van der Waals surface area contributed by atoms with E-state index in [9.17, 15) is 0 Å². The Hall–Kier alpha value is 1.23. The topological polar surface area (TPSA) is 27.7 Å². The summed E-state index contributed by atoms with van der Waals surface area (Å²) < 4.78 is 26.6. The van der Waals surface area contributed by atoms with E-state index in [0.29, 0.717) is 0 Å². The molecule has 390 valence electrons. The monoisotopic (exact) mass is 963 g/mol. The van der Waals surface area contributed by atoms with Gasteiger partial charge in [-0.05, 0) is 0 Å². The van der Waals surface area contributed by atoms with Gasteiger partial charge in [-0.2, -0.15) is 0 Å². The van der Waals surface area contributed by atoms with Crippen molar-refractivity contribution in [3.05, 3.63) is 0 Å². The van der Waals surface area contributed by atoms with Gasteiger partial charge >= 0.3 is 410 Å². The van der Waals surface area contributed by atoms with Gasteiger partial charge in [0.1, 0.15) is 0 Å². The Bertz CT molecular complexity index is 841. The van der Waals surface area contributed by atoms with Gasteiger partial charge in [0, 0.05) is 0 Å². The molecule has 0 radical (unpaired) electrons. The van der Waals surface area contributed by atoms with Crippen molar-refractivity contribution in [1.29, 1.82) is 0 Å². The van der Waals surface area contributed by atoms with Crippen LogP contribution in [0.2, 0.25) is 0 Å². The molecule has 7 heteroatoms. The van der Waals surface area contributed by atoms with Crippen molar-refractivity contribution in [2.45, 2.75) is 295 Å². The molecule has 0 aliphatic heterocycles. The van der Waals surface area contributed by atoms with Crippen LogP contribution in [0.5, 0.6) is 0 Å². The third-order valence-electron chi connectivity index (χ3n) is 16.3. The number of rotatable bonds is 51. The summed E-state index contributed by atoms with van der Waals surface area (Å²) in [6, 6.07) is 0. The summed E-state index contributed by atoms with van der Waals surface area (Å²) in [5.41, 5.74) is 0. The zero-order valence-electron chi connectivity index (χ0n) is 47.0. The summed E-state index contributed by atoms with van der Waals surface area (Å²) in [6.45, 7) is 20.7. The second-order valence-electron chi connectivity index (χ2n) is 22.3. The average Bonchev–Trinajstić information content (AvgIpc) is 3.28. The molecule has 64 heavy (non-hydrogen) atoms. The quantitative estimate of drug-likeness (QED) is 0.0345. The summed E-state index contributed by atoms with van der Waals surface area (Å²) >= 11 is 0. The van der Waals surface area contributed by atoms with Crippen LogP contribution in [0.4, 0.5) is 0 Å². The van der Waals surface area contributed by atoms with Gasteiger partial charge in [-0.3, -0.25) is 0 Å². The van der Waals surface area contributed by atoms with Crippen LogP contribution < -0.4 is 0 Å². The van der Waals surface area contributed by atoms with E-state index in [1.165, 1.54) is 286 Å². The molecular formula is C57H126BO3P3. The zero-order chi connectivity index (χ0) is 47.9. The molecule has 0 aliphatic carbocycles. The van der Waals surface area contributed by atoms with Crippen molar-refractivity contribution in [3.8, 4) is 0 Å². The van der Waals surface area contributed by atoms with E-state index in [4.69, 9.17) is 13.3 Å². The molecule has 0 saturated heterocycles. The Morgan fingerprint density at radius 1 is 0.188 bits per heavy atom. The van der Waals surface area contributed by atoms with E-state index in [1.807, 2.05) is 0 Å². The first-order valence-electron chi connectivity index (χ1n) is 30.0. The third-order valence-corrected chi connectivity index (χ3v) is 36.0. The number of hydrogen-bond donors (Lipinski definition) is 0. The molecule has 0 heterocycles. The van der Waals surface area contributed by atoms with Gasteiger partial charge in [-0.1, -0.05) is 0 Å². The Kier molecular flexibility index (Phi) is 38.7. The maximum absolute atomic E-state index is 8.88. The van der Waals surface area contributed by atoms with Crippen LogP contribution >= 0.6 is 20.5 Å². The van der Waals surface area contributed by atoms with Crippen LogP contribution in [-0.4, -0.2) is 81.3 Å². The minimum absolute atomic E-state index is 0.488. The van der Waals surface area contributed by atoms with Gasteiger partial charge in [0.2, 0.25) is 0 Å². The molecule has 0 aromatic carbocycles. The molecular weight excluding hydrogens is 836 g/mol. The molecule has 0 atom stereocenters. The van der Waals surface area contributed by atoms with Crippen molar-refractivity contribution in [2.75, 3.05) is 73.9 Å². The van der Waals surface area contributed by atoms with E-state index in [1.54, 1.807) is 0 Å². The molecule has 0 bridgehead atoms. The van der Waals surface area contributed by atoms with Crippen LogP contribution in [0, 0.1) is 0 Å². The van der Waals surface area contributed by atoms with Crippen molar-refractivity contribution in [1.82, 2.24) is 0 Å². The van der Waals surface area contributed by atoms with Gasteiger partial charge < -0.3 is 0 Å². The van der Waals surface area contributed by atoms with Crippen LogP contribution in [0.15, 0.2) is 0 Å². The number of hydrogen-bond acceptors (Lipinski definition) is 3. The predicted octanol–water partition coefficient (Wildman–Crippen LogP) is 21.5. The van der Waals surface area contributed by atoms with E-state index < -0.39 is 27.8 Å². The standard InChI is InChI=1S/C57H126BO3P3/c1-13-25-37-49-62(46-34-22-10,50-38-26-14-2,51-39-27-15-3)59-58(60-63(47-35-23-11,52-40-28-16-4,53-41-29-17-5)54-42-30-18-6)61-64(48-36-24-12,55-43-31-19-7,56-44-32-20-8)57-45-33-21-9/h13-57H2,1-12H3. The third kappa shape index (κ3) is 24.4. The Morgan fingerprint density at radius 2 is 0.312 bits per heavy atom. The summed E-state index contributed by atoms with van der Waals surface area (Å²) in [5, 5.41) is 0. The fourth-order valence-corrected chi connectivity index (χ4v) is 31.7. The van der Waals surface area contributed by atoms with Crippen LogP contribution in [0.25, 0.3) is 0 Å². The van der Waals surface area contributed by atoms with E-state index in [-0.39, 0.29) is 0 Å². The maximum atomic E-state index is 8.88. The Balaban J connectivity index is 9.11. The molecule has 0 saturated carbocycles. The molecule has 0 spiro atoms. The summed E-state index contributed by atoms with van der Waals surface area (Å²) in [4.78, 5) is 0. The van der Waals surface area contributed by atoms with Crippen LogP contribution in [-0.2, 0) is 13.3 Å². The van der Waals surface area contributed by atoms with E-state index >= 15 is 0 Å². The fourth-order valence-electron chi connectivity index (χ4n) is 12.0. The SMILES string of the molecule is CCCCCP(CCCC)(CCCCC)(CCCCC)OB(OP(CCCC)(CCCCC)(CCCCC)CCCCC)OP(CCCC)(CCCCC)(CCCCC)CCCCC. The Labute approximate surface area is 408 Å². The molecule has 3 nitrogen and oxygen atoms in total. The second kappa shape index (κ2) is 38.0. The van der Waals surface area contributed by atoms with Gasteiger partial charge in [0.25, 0.3) is 0 Å². The zero-order valence-corrected chi connectivity index (χ0v) is 49.6. The van der Waals surface area contributed by atoms with E-state index in [2.05, 4.69) is 83.1 Å². The normalized spacial score (nSPS) is 14.5. The van der Waals surface area contributed by atoms with Crippen molar-refractivity contribution in [2.24, 2.45) is 0 Å². The first-order chi connectivity index (χ1) is 31.0. The summed E-state index contributed by atoms with van der Waals surface area (Å²) in [5.74, 6) is 0. The molecule has 0 fully saturated rings. The molecule has 0 unspecified atom stereocenters.